The van der Waals surface area contributed by atoms with Gasteiger partial charge in [0.2, 0.25) is 0 Å². The van der Waals surface area contributed by atoms with Crippen LogP contribution in [0.15, 0.2) is 127 Å². The Labute approximate surface area is 335 Å². The molecule has 0 atom stereocenters. The van der Waals surface area contributed by atoms with E-state index in [0.717, 1.165) is 5.69 Å². The standard InChI is InChI=1S/C55H48N2/c1-30(2)31(3)44-26-34-19-23-43-51-35(18-22-42(50(34)51)52(44)56-36-20-24-40-38-14-10-12-16-46(38)54(6,7)48(40)28-36)27-45-32(4)33(5)57(53(43)45)37-21-25-41-39-15-11-13-17-47(39)55(8,9)49(41)29-37/h10-29,56H,1-9H3. The molecule has 0 saturated carbocycles. The minimum atomic E-state index is -0.0694. The summed E-state index contributed by atoms with van der Waals surface area (Å²) in [5.74, 6) is 0. The van der Waals surface area contributed by atoms with Crippen LogP contribution in [0.3, 0.4) is 0 Å². The highest BCUT2D eigenvalue weighted by molar-refractivity contribution is 6.31. The molecule has 2 nitrogen and oxygen atoms in total. The third kappa shape index (κ3) is 4.47. The smallest absolute Gasteiger partial charge is 0.0613 e. The van der Waals surface area contributed by atoms with Crippen molar-refractivity contribution in [3.05, 3.63) is 166 Å². The van der Waals surface area contributed by atoms with Crippen LogP contribution in [0.2, 0.25) is 0 Å². The monoisotopic (exact) mass is 736 g/mol. The van der Waals surface area contributed by atoms with Crippen LogP contribution in [0.1, 0.15) is 87.5 Å². The number of fused-ring (bicyclic) bond motifs is 8. The minimum absolute atomic E-state index is 0.0666. The number of hydrogen-bond donors (Lipinski definition) is 1. The third-order valence-electron chi connectivity index (χ3n) is 14.2. The van der Waals surface area contributed by atoms with Gasteiger partial charge in [-0.05, 0) is 148 Å². The number of aromatic nitrogens is 1. The summed E-state index contributed by atoms with van der Waals surface area (Å²) >= 11 is 0. The average molecular weight is 737 g/mol. The molecule has 1 N–H and O–H groups in total. The Kier molecular flexibility index (Phi) is 6.88. The van der Waals surface area contributed by atoms with E-state index in [-0.39, 0.29) is 10.8 Å². The molecule has 0 aliphatic heterocycles. The highest BCUT2D eigenvalue weighted by atomic mass is 15.0. The van der Waals surface area contributed by atoms with Crippen LogP contribution in [0, 0.1) is 13.8 Å². The molecule has 1 aromatic heterocycles. The Balaban J connectivity index is 1.15. The van der Waals surface area contributed by atoms with Crippen molar-refractivity contribution in [2.45, 2.75) is 73.1 Å². The van der Waals surface area contributed by atoms with E-state index in [0.29, 0.717) is 0 Å². The SMILES string of the molecule is CC(C)=C(C)c1cc2ccc3c4c(ccc(c1Nc1ccc5c(c1)C(C)(C)c1ccccc1-5)c24)cc1c(C)c(C)n(-c2ccc4c(c2)C(C)(C)c2ccccc2-4)c13. The van der Waals surface area contributed by atoms with Crippen LogP contribution in [0.5, 0.6) is 0 Å². The Morgan fingerprint density at radius 2 is 1.09 bits per heavy atom. The Morgan fingerprint density at radius 3 is 1.75 bits per heavy atom. The number of hydrogen-bond acceptors (Lipinski definition) is 1. The summed E-state index contributed by atoms with van der Waals surface area (Å²) in [6.45, 7) is 20.8. The average Bonchev–Trinajstić information content (AvgIpc) is 3.70. The quantitative estimate of drug-likeness (QED) is 0.178. The first-order valence-corrected chi connectivity index (χ1v) is 20.5. The zero-order valence-corrected chi connectivity index (χ0v) is 34.5. The number of aryl methyl sites for hydroxylation is 1. The molecule has 11 rings (SSSR count). The summed E-state index contributed by atoms with van der Waals surface area (Å²) in [7, 11) is 0. The van der Waals surface area contributed by atoms with Gasteiger partial charge in [-0.1, -0.05) is 118 Å². The first kappa shape index (κ1) is 34.2. The molecular formula is C55H48N2. The van der Waals surface area contributed by atoms with Gasteiger partial charge in [0, 0.05) is 49.6 Å². The number of rotatable bonds is 4. The van der Waals surface area contributed by atoms with Crippen molar-refractivity contribution in [2.24, 2.45) is 0 Å². The Morgan fingerprint density at radius 1 is 0.526 bits per heavy atom. The summed E-state index contributed by atoms with van der Waals surface area (Å²) in [6.07, 6.45) is 0. The summed E-state index contributed by atoms with van der Waals surface area (Å²) in [6, 6.07) is 46.4. The lowest BCUT2D eigenvalue weighted by Crippen LogP contribution is -2.15. The van der Waals surface area contributed by atoms with Crippen LogP contribution in [0.4, 0.5) is 11.4 Å². The number of anilines is 2. The highest BCUT2D eigenvalue weighted by Crippen LogP contribution is 2.52. The summed E-state index contributed by atoms with van der Waals surface area (Å²) in [5, 5.41) is 13.1. The fraction of sp³-hybridized carbons (Fsp3) is 0.200. The van der Waals surface area contributed by atoms with Gasteiger partial charge in [-0.2, -0.15) is 0 Å². The van der Waals surface area contributed by atoms with Crippen LogP contribution < -0.4 is 5.32 Å². The van der Waals surface area contributed by atoms with E-state index in [9.17, 15) is 0 Å². The molecular weight excluding hydrogens is 689 g/mol. The molecule has 0 bridgehead atoms. The van der Waals surface area contributed by atoms with Gasteiger partial charge in [0.15, 0.2) is 0 Å². The van der Waals surface area contributed by atoms with Gasteiger partial charge in [0.05, 0.1) is 11.2 Å². The second kappa shape index (κ2) is 11.5. The predicted octanol–water partition coefficient (Wildman–Crippen LogP) is 15.3. The van der Waals surface area contributed by atoms with Crippen molar-refractivity contribution < 1.29 is 0 Å². The first-order valence-electron chi connectivity index (χ1n) is 20.5. The molecule has 1 heterocycles. The molecule has 2 heteroatoms. The molecule has 0 amide bonds. The summed E-state index contributed by atoms with van der Waals surface area (Å²) in [5.41, 5.74) is 22.2. The van der Waals surface area contributed by atoms with Crippen molar-refractivity contribution in [3.63, 3.8) is 0 Å². The molecule has 0 fully saturated rings. The predicted molar refractivity (Wildman–Crippen MR) is 245 cm³/mol. The Hall–Kier alpha value is -6.12. The second-order valence-electron chi connectivity index (χ2n) is 18.1. The topological polar surface area (TPSA) is 17.0 Å². The molecule has 0 saturated heterocycles. The van der Waals surface area contributed by atoms with E-state index >= 15 is 0 Å². The zero-order chi connectivity index (χ0) is 39.3. The lowest BCUT2D eigenvalue weighted by molar-refractivity contribution is 0.659. The van der Waals surface area contributed by atoms with Crippen LogP contribution in [-0.4, -0.2) is 4.57 Å². The maximum atomic E-state index is 4.04. The minimum Gasteiger partial charge on any atom is -0.355 e. The zero-order valence-electron chi connectivity index (χ0n) is 34.5. The summed E-state index contributed by atoms with van der Waals surface area (Å²) in [4.78, 5) is 0. The normalized spacial score (nSPS) is 14.7. The molecule has 0 unspecified atom stereocenters. The number of nitrogens with zero attached hydrogens (tertiary/aromatic N) is 1. The van der Waals surface area contributed by atoms with Crippen molar-refractivity contribution in [3.8, 4) is 27.9 Å². The van der Waals surface area contributed by atoms with E-state index in [2.05, 4.69) is 194 Å². The number of nitrogens with one attached hydrogen (secondary N) is 1. The lowest BCUT2D eigenvalue weighted by atomic mass is 9.82. The lowest BCUT2D eigenvalue weighted by Gasteiger charge is -2.24. The maximum absolute atomic E-state index is 4.04. The molecule has 2 aliphatic rings. The number of allylic oxidation sites excluding steroid dienone is 2. The van der Waals surface area contributed by atoms with E-state index in [1.807, 2.05) is 0 Å². The molecule has 57 heavy (non-hydrogen) atoms. The highest BCUT2D eigenvalue weighted by Gasteiger charge is 2.37. The van der Waals surface area contributed by atoms with Gasteiger partial charge < -0.3 is 9.88 Å². The van der Waals surface area contributed by atoms with Gasteiger partial charge in [0.25, 0.3) is 0 Å². The van der Waals surface area contributed by atoms with Gasteiger partial charge >= 0.3 is 0 Å². The molecule has 2 aliphatic carbocycles. The first-order chi connectivity index (χ1) is 27.4. The fourth-order valence-corrected chi connectivity index (χ4v) is 10.8. The van der Waals surface area contributed by atoms with Crippen molar-refractivity contribution in [1.29, 1.82) is 0 Å². The fourth-order valence-electron chi connectivity index (χ4n) is 10.8. The molecule has 9 aromatic rings. The van der Waals surface area contributed by atoms with Gasteiger partial charge in [-0.3, -0.25) is 0 Å². The summed E-state index contributed by atoms with van der Waals surface area (Å²) < 4.78 is 2.54. The third-order valence-corrected chi connectivity index (χ3v) is 14.2. The molecule has 8 aromatic carbocycles. The van der Waals surface area contributed by atoms with E-state index in [4.69, 9.17) is 0 Å². The molecule has 0 spiro atoms. The molecule has 278 valence electrons. The van der Waals surface area contributed by atoms with Gasteiger partial charge in [0.1, 0.15) is 0 Å². The van der Waals surface area contributed by atoms with Crippen molar-refractivity contribution >= 4 is 60.2 Å². The maximum Gasteiger partial charge on any atom is 0.0613 e. The van der Waals surface area contributed by atoms with Crippen LogP contribution in [0.25, 0.3) is 76.7 Å². The Bertz CT molecular complexity index is 3250. The van der Waals surface area contributed by atoms with Gasteiger partial charge in [-0.15, -0.1) is 0 Å². The van der Waals surface area contributed by atoms with Crippen molar-refractivity contribution in [2.75, 3.05) is 5.32 Å². The molecule has 0 radical (unpaired) electrons. The van der Waals surface area contributed by atoms with E-state index in [1.54, 1.807) is 0 Å². The van der Waals surface area contributed by atoms with E-state index in [1.165, 1.54) is 127 Å². The van der Waals surface area contributed by atoms with Crippen LogP contribution >= 0.6 is 0 Å². The number of benzene rings is 8. The van der Waals surface area contributed by atoms with E-state index < -0.39 is 0 Å². The largest absolute Gasteiger partial charge is 0.355 e. The van der Waals surface area contributed by atoms with Crippen LogP contribution in [-0.2, 0) is 10.8 Å². The van der Waals surface area contributed by atoms with Gasteiger partial charge in [-0.25, -0.2) is 0 Å². The van der Waals surface area contributed by atoms with Crippen molar-refractivity contribution in [1.82, 2.24) is 4.57 Å². The second-order valence-corrected chi connectivity index (χ2v) is 18.1.